The lowest BCUT2D eigenvalue weighted by molar-refractivity contribution is -0.384. The van der Waals surface area contributed by atoms with Crippen LogP contribution in [0.5, 0.6) is 5.75 Å². The predicted molar refractivity (Wildman–Crippen MR) is 124 cm³/mol. The zero-order chi connectivity index (χ0) is 24.2. The lowest BCUT2D eigenvalue weighted by atomic mass is 10.1. The number of benzene rings is 3. The van der Waals surface area contributed by atoms with E-state index in [4.69, 9.17) is 9.47 Å². The number of hydrogen-bond acceptors (Lipinski definition) is 7. The summed E-state index contributed by atoms with van der Waals surface area (Å²) in [5.74, 6) is -2.16. The molecule has 10 nitrogen and oxygen atoms in total. The Morgan fingerprint density at radius 2 is 1.91 bits per heavy atom. The molecule has 4 rings (SSSR count). The molecule has 1 N–H and O–H groups in total. The van der Waals surface area contributed by atoms with Gasteiger partial charge in [0.05, 0.1) is 29.7 Å². The Labute approximate surface area is 194 Å². The van der Waals surface area contributed by atoms with Crippen LogP contribution in [0.3, 0.4) is 0 Å². The van der Waals surface area contributed by atoms with Crippen molar-refractivity contribution in [3.8, 4) is 5.75 Å². The maximum atomic E-state index is 12.5. The van der Waals surface area contributed by atoms with Gasteiger partial charge in [-0.2, -0.15) is 0 Å². The summed E-state index contributed by atoms with van der Waals surface area (Å²) >= 11 is 0. The molecule has 1 heterocycles. The van der Waals surface area contributed by atoms with E-state index in [1.807, 2.05) is 36.4 Å². The molecule has 0 saturated carbocycles. The van der Waals surface area contributed by atoms with Crippen LogP contribution in [0.15, 0.2) is 60.7 Å². The summed E-state index contributed by atoms with van der Waals surface area (Å²) < 4.78 is 10.4. The molecule has 0 unspecified atom stereocenters. The number of nitrogens with zero attached hydrogens (tertiary/aromatic N) is 2. The first-order valence-electron chi connectivity index (χ1n) is 10.4. The second-order valence-corrected chi connectivity index (χ2v) is 7.70. The number of nitro groups is 1. The second-order valence-electron chi connectivity index (χ2n) is 7.70. The molecule has 0 aliphatic carbocycles. The van der Waals surface area contributed by atoms with Gasteiger partial charge in [0.2, 0.25) is 5.91 Å². The van der Waals surface area contributed by atoms with E-state index < -0.39 is 29.3 Å². The summed E-state index contributed by atoms with van der Waals surface area (Å²) in [6.45, 7) is -0.482. The zero-order valence-electron chi connectivity index (χ0n) is 18.2. The van der Waals surface area contributed by atoms with Crippen molar-refractivity contribution in [1.82, 2.24) is 0 Å². The van der Waals surface area contributed by atoms with Gasteiger partial charge in [-0.15, -0.1) is 0 Å². The summed E-state index contributed by atoms with van der Waals surface area (Å²) in [7, 11) is 1.34. The molecular formula is C24H21N3O7. The van der Waals surface area contributed by atoms with Gasteiger partial charge < -0.3 is 19.7 Å². The Morgan fingerprint density at radius 1 is 1.15 bits per heavy atom. The quantitative estimate of drug-likeness (QED) is 0.323. The predicted octanol–water partition coefficient (Wildman–Crippen LogP) is 3.29. The molecule has 0 bridgehead atoms. The molecule has 1 saturated heterocycles. The van der Waals surface area contributed by atoms with E-state index in [9.17, 15) is 24.5 Å². The number of carbonyl (C=O) groups is 3. The molecule has 10 heteroatoms. The number of hydrogen-bond donors (Lipinski definition) is 1. The van der Waals surface area contributed by atoms with Crippen molar-refractivity contribution in [2.45, 2.75) is 6.42 Å². The molecule has 1 aliphatic heterocycles. The van der Waals surface area contributed by atoms with Gasteiger partial charge in [0.1, 0.15) is 5.75 Å². The zero-order valence-corrected chi connectivity index (χ0v) is 18.2. The summed E-state index contributed by atoms with van der Waals surface area (Å²) in [6.07, 6.45) is -0.107. The first-order valence-corrected chi connectivity index (χ1v) is 10.4. The lowest BCUT2D eigenvalue weighted by Crippen LogP contribution is -2.28. The molecule has 1 aliphatic rings. The molecule has 2 amide bonds. The van der Waals surface area contributed by atoms with E-state index in [0.717, 1.165) is 10.8 Å². The van der Waals surface area contributed by atoms with Gasteiger partial charge in [0.15, 0.2) is 6.61 Å². The number of nitrogens with one attached hydrogen (secondary N) is 1. The Morgan fingerprint density at radius 3 is 2.68 bits per heavy atom. The van der Waals surface area contributed by atoms with Gasteiger partial charge in [-0.3, -0.25) is 24.5 Å². The summed E-state index contributed by atoms with van der Waals surface area (Å²) in [6, 6.07) is 16.9. The van der Waals surface area contributed by atoms with Crippen molar-refractivity contribution in [1.29, 1.82) is 0 Å². The number of ether oxygens (including phenoxy) is 2. The highest BCUT2D eigenvalue weighted by Crippen LogP contribution is 2.36. The molecule has 1 fully saturated rings. The van der Waals surface area contributed by atoms with Crippen LogP contribution in [0.4, 0.5) is 17.1 Å². The number of amides is 2. The molecule has 3 aromatic rings. The smallest absolute Gasteiger partial charge is 0.311 e. The average molecular weight is 463 g/mol. The van der Waals surface area contributed by atoms with Crippen molar-refractivity contribution < 1.29 is 28.8 Å². The minimum atomic E-state index is -0.780. The number of nitro benzene ring substituents is 1. The van der Waals surface area contributed by atoms with E-state index in [-0.39, 0.29) is 30.3 Å². The molecule has 1 atom stereocenters. The number of carbonyl (C=O) groups excluding carboxylic acids is 3. The Balaban J connectivity index is 1.37. The summed E-state index contributed by atoms with van der Waals surface area (Å²) in [5, 5.41) is 15.5. The average Bonchev–Trinajstić information content (AvgIpc) is 3.23. The second kappa shape index (κ2) is 9.57. The minimum absolute atomic E-state index is 0.0107. The normalized spacial score (nSPS) is 15.3. The van der Waals surface area contributed by atoms with E-state index in [1.165, 1.54) is 30.2 Å². The minimum Gasteiger partial charge on any atom is -0.494 e. The molecule has 174 valence electrons. The van der Waals surface area contributed by atoms with Crippen LogP contribution in [0, 0.1) is 16.0 Å². The molecule has 34 heavy (non-hydrogen) atoms. The van der Waals surface area contributed by atoms with E-state index in [0.29, 0.717) is 11.4 Å². The standard InChI is InChI=1S/C24H21N3O7/c1-33-21-12-17(27(31)32)9-10-20(21)26-13-16(11-23(26)29)24(30)34-14-22(28)25-19-8-4-6-15-5-2-3-7-18(15)19/h2-10,12,16H,11,13-14H2,1H3,(H,25,28)/t16-/m0/s1. The third-order valence-corrected chi connectivity index (χ3v) is 5.53. The van der Waals surface area contributed by atoms with E-state index in [2.05, 4.69) is 5.32 Å². The monoisotopic (exact) mass is 463 g/mol. The molecule has 0 aromatic heterocycles. The van der Waals surface area contributed by atoms with Crippen LogP contribution in [-0.2, 0) is 19.1 Å². The third-order valence-electron chi connectivity index (χ3n) is 5.53. The molecule has 3 aromatic carbocycles. The SMILES string of the molecule is COc1cc([N+](=O)[O-])ccc1N1C[C@@H](C(=O)OCC(=O)Nc2cccc3ccccc23)CC1=O. The fourth-order valence-corrected chi connectivity index (χ4v) is 3.88. The van der Waals surface area contributed by atoms with Gasteiger partial charge in [0, 0.05) is 30.1 Å². The van der Waals surface area contributed by atoms with Gasteiger partial charge >= 0.3 is 5.97 Å². The van der Waals surface area contributed by atoms with Gasteiger partial charge in [-0.1, -0.05) is 36.4 Å². The largest absolute Gasteiger partial charge is 0.494 e. The fourth-order valence-electron chi connectivity index (χ4n) is 3.88. The van der Waals surface area contributed by atoms with Crippen molar-refractivity contribution in [3.05, 3.63) is 70.8 Å². The Bertz CT molecular complexity index is 1290. The highest BCUT2D eigenvalue weighted by atomic mass is 16.6. The number of esters is 1. The van der Waals surface area contributed by atoms with Gasteiger partial charge in [0.25, 0.3) is 11.6 Å². The van der Waals surface area contributed by atoms with Crippen molar-refractivity contribution in [2.75, 3.05) is 30.5 Å². The van der Waals surface area contributed by atoms with Crippen molar-refractivity contribution in [3.63, 3.8) is 0 Å². The van der Waals surface area contributed by atoms with Crippen LogP contribution >= 0.6 is 0 Å². The number of methoxy groups -OCH3 is 1. The molecular weight excluding hydrogens is 442 g/mol. The number of non-ortho nitro benzene ring substituents is 1. The Kier molecular flexibility index (Phi) is 6.39. The first-order chi connectivity index (χ1) is 16.4. The van der Waals surface area contributed by atoms with E-state index in [1.54, 1.807) is 6.07 Å². The van der Waals surface area contributed by atoms with Crippen LogP contribution in [0.1, 0.15) is 6.42 Å². The van der Waals surface area contributed by atoms with Crippen molar-refractivity contribution in [2.24, 2.45) is 5.92 Å². The lowest BCUT2D eigenvalue weighted by Gasteiger charge is -2.19. The van der Waals surface area contributed by atoms with Crippen LogP contribution in [-0.4, -0.2) is 43.0 Å². The topological polar surface area (TPSA) is 128 Å². The van der Waals surface area contributed by atoms with Crippen LogP contribution in [0.2, 0.25) is 0 Å². The van der Waals surface area contributed by atoms with Crippen molar-refractivity contribution >= 4 is 45.6 Å². The van der Waals surface area contributed by atoms with E-state index >= 15 is 0 Å². The molecule has 0 radical (unpaired) electrons. The summed E-state index contributed by atoms with van der Waals surface area (Å²) in [5.41, 5.74) is 0.745. The maximum absolute atomic E-state index is 12.5. The highest BCUT2D eigenvalue weighted by Gasteiger charge is 2.37. The third kappa shape index (κ3) is 4.65. The molecule has 0 spiro atoms. The fraction of sp³-hybridized carbons (Fsp3) is 0.208. The highest BCUT2D eigenvalue weighted by molar-refractivity contribution is 6.03. The van der Waals surface area contributed by atoms with Gasteiger partial charge in [-0.05, 0) is 17.5 Å². The van der Waals surface area contributed by atoms with Crippen LogP contribution < -0.4 is 15.0 Å². The van der Waals surface area contributed by atoms with Crippen LogP contribution in [0.25, 0.3) is 10.8 Å². The Hall–Kier alpha value is -4.47. The number of rotatable bonds is 7. The first kappa shape index (κ1) is 22.7. The number of fused-ring (bicyclic) bond motifs is 1. The van der Waals surface area contributed by atoms with Gasteiger partial charge in [-0.25, -0.2) is 0 Å². The summed E-state index contributed by atoms with van der Waals surface area (Å²) in [4.78, 5) is 49.2. The maximum Gasteiger partial charge on any atom is 0.311 e. The number of anilines is 2.